The number of ketones is 1. The summed E-state index contributed by atoms with van der Waals surface area (Å²) >= 11 is 0. The minimum atomic E-state index is -1.22. The van der Waals surface area contributed by atoms with Gasteiger partial charge in [0, 0.05) is 12.0 Å². The molecule has 1 saturated heterocycles. The van der Waals surface area contributed by atoms with E-state index in [9.17, 15) is 10.1 Å². The Kier molecular flexibility index (Phi) is 5.93. The Morgan fingerprint density at radius 3 is 2.67 bits per heavy atom. The average Bonchev–Trinajstić information content (AvgIpc) is 2.62. The lowest BCUT2D eigenvalue weighted by Crippen LogP contribution is -2.53. The van der Waals surface area contributed by atoms with E-state index in [2.05, 4.69) is 12.6 Å². The number of rotatable bonds is 7. The summed E-state index contributed by atoms with van der Waals surface area (Å²) in [5.41, 5.74) is 0.210. The third-order valence-corrected chi connectivity index (χ3v) is 4.63. The van der Waals surface area contributed by atoms with Crippen LogP contribution in [-0.2, 0) is 20.1 Å². The Morgan fingerprint density at radius 1 is 1.38 bits per heavy atom. The summed E-state index contributed by atoms with van der Waals surface area (Å²) in [6.45, 7) is 8.40. The smallest absolute Gasteiger partial charge is 0.208 e. The fourth-order valence-electron chi connectivity index (χ4n) is 3.16. The predicted octanol–water partition coefficient (Wildman–Crippen LogP) is 4.10. The van der Waals surface area contributed by atoms with Crippen LogP contribution in [0.4, 0.5) is 0 Å². The Labute approximate surface area is 144 Å². The van der Waals surface area contributed by atoms with Crippen LogP contribution < -0.4 is 0 Å². The van der Waals surface area contributed by atoms with Crippen LogP contribution in [0.3, 0.4) is 0 Å². The molecule has 1 heterocycles. The van der Waals surface area contributed by atoms with Crippen molar-refractivity contribution in [2.75, 3.05) is 13.2 Å². The van der Waals surface area contributed by atoms with Crippen molar-refractivity contribution < 1.29 is 14.3 Å². The molecule has 0 radical (unpaired) electrons. The lowest BCUT2D eigenvalue weighted by Gasteiger charge is -2.47. The number of nitriles is 1. The van der Waals surface area contributed by atoms with E-state index in [1.807, 2.05) is 32.1 Å². The first-order valence-corrected chi connectivity index (χ1v) is 8.41. The maximum Gasteiger partial charge on any atom is 0.208 e. The summed E-state index contributed by atoms with van der Waals surface area (Å²) in [6, 6.07) is 9.40. The van der Waals surface area contributed by atoms with E-state index in [1.165, 1.54) is 0 Å². The molecule has 0 aromatic heterocycles. The molecule has 2 rings (SSSR count). The van der Waals surface area contributed by atoms with Crippen molar-refractivity contribution in [3.05, 3.63) is 48.0 Å². The summed E-state index contributed by atoms with van der Waals surface area (Å²) < 4.78 is 12.1. The van der Waals surface area contributed by atoms with Gasteiger partial charge < -0.3 is 9.47 Å². The van der Waals surface area contributed by atoms with Crippen molar-refractivity contribution >= 4 is 5.78 Å². The zero-order chi connectivity index (χ0) is 17.6. The molecule has 0 spiro atoms. The SMILES string of the molecule is C=CCCCC(=O)C(C)(C)C1(c2ccccc2C#N)OCCCO1. The molecule has 4 heteroatoms. The zero-order valence-corrected chi connectivity index (χ0v) is 14.5. The monoisotopic (exact) mass is 327 g/mol. The molecule has 0 amide bonds. The fraction of sp³-hybridized carbons (Fsp3) is 0.500. The third kappa shape index (κ3) is 3.28. The van der Waals surface area contributed by atoms with Crippen molar-refractivity contribution in [3.8, 4) is 6.07 Å². The van der Waals surface area contributed by atoms with Gasteiger partial charge in [0.1, 0.15) is 5.78 Å². The van der Waals surface area contributed by atoms with Gasteiger partial charge in [-0.05, 0) is 39.2 Å². The second-order valence-corrected chi connectivity index (χ2v) is 6.55. The summed E-state index contributed by atoms with van der Waals surface area (Å²) in [4.78, 5) is 12.9. The molecule has 4 nitrogen and oxygen atoms in total. The quantitative estimate of drug-likeness (QED) is 0.559. The Bertz CT molecular complexity index is 637. The van der Waals surface area contributed by atoms with Gasteiger partial charge in [-0.15, -0.1) is 6.58 Å². The lowest BCUT2D eigenvalue weighted by molar-refractivity contribution is -0.320. The highest BCUT2D eigenvalue weighted by Gasteiger charge is 2.55. The van der Waals surface area contributed by atoms with Crippen LogP contribution in [0.5, 0.6) is 0 Å². The molecule has 1 aromatic carbocycles. The molecule has 24 heavy (non-hydrogen) atoms. The molecule has 0 saturated carbocycles. The van der Waals surface area contributed by atoms with Crippen LogP contribution in [0, 0.1) is 16.7 Å². The molecular weight excluding hydrogens is 302 g/mol. The maximum atomic E-state index is 12.9. The van der Waals surface area contributed by atoms with E-state index >= 15 is 0 Å². The highest BCUT2D eigenvalue weighted by atomic mass is 16.7. The van der Waals surface area contributed by atoms with Crippen molar-refractivity contribution in [3.63, 3.8) is 0 Å². The second-order valence-electron chi connectivity index (χ2n) is 6.55. The van der Waals surface area contributed by atoms with Crippen LogP contribution in [0.2, 0.25) is 0 Å². The number of hydrogen-bond acceptors (Lipinski definition) is 4. The third-order valence-electron chi connectivity index (χ3n) is 4.63. The Balaban J connectivity index is 2.45. The van der Waals surface area contributed by atoms with E-state index in [4.69, 9.17) is 9.47 Å². The highest BCUT2D eigenvalue weighted by Crippen LogP contribution is 2.48. The zero-order valence-electron chi connectivity index (χ0n) is 14.5. The number of ether oxygens (including phenoxy) is 2. The average molecular weight is 327 g/mol. The highest BCUT2D eigenvalue weighted by molar-refractivity contribution is 5.85. The molecule has 128 valence electrons. The molecule has 1 fully saturated rings. The normalized spacial score (nSPS) is 17.0. The van der Waals surface area contributed by atoms with E-state index in [1.54, 1.807) is 12.1 Å². The number of nitrogens with zero attached hydrogens (tertiary/aromatic N) is 1. The first kappa shape index (κ1) is 18.4. The molecule has 0 unspecified atom stereocenters. The van der Waals surface area contributed by atoms with Crippen molar-refractivity contribution in [2.24, 2.45) is 5.41 Å². The largest absolute Gasteiger partial charge is 0.345 e. The number of carbonyl (C=O) groups is 1. The first-order chi connectivity index (χ1) is 11.5. The Morgan fingerprint density at radius 2 is 2.04 bits per heavy atom. The van der Waals surface area contributed by atoms with Gasteiger partial charge in [-0.25, -0.2) is 0 Å². The van der Waals surface area contributed by atoms with E-state index in [-0.39, 0.29) is 5.78 Å². The van der Waals surface area contributed by atoms with E-state index in [0.29, 0.717) is 30.8 Å². The minimum Gasteiger partial charge on any atom is -0.345 e. The standard InChI is InChI=1S/C20H25NO3/c1-4-5-6-12-18(22)19(2,3)20(23-13-9-14-24-20)17-11-8-7-10-16(17)15-21/h4,7-8,10-11H,1,5-6,9,12-14H2,2-3H3. The van der Waals surface area contributed by atoms with Crippen molar-refractivity contribution in [2.45, 2.75) is 45.3 Å². The predicted molar refractivity (Wildman–Crippen MR) is 92.2 cm³/mol. The van der Waals surface area contributed by atoms with Crippen LogP contribution in [0.1, 0.15) is 50.7 Å². The number of benzene rings is 1. The van der Waals surface area contributed by atoms with Gasteiger partial charge in [0.25, 0.3) is 0 Å². The van der Waals surface area contributed by atoms with Gasteiger partial charge in [0.15, 0.2) is 0 Å². The summed E-state index contributed by atoms with van der Waals surface area (Å²) in [7, 11) is 0. The number of allylic oxidation sites excluding steroid dienone is 1. The van der Waals surface area contributed by atoms with Gasteiger partial charge in [-0.3, -0.25) is 4.79 Å². The lowest BCUT2D eigenvalue weighted by atomic mass is 9.72. The Hall–Kier alpha value is -1.96. The molecule has 0 aliphatic carbocycles. The van der Waals surface area contributed by atoms with Crippen LogP contribution in [-0.4, -0.2) is 19.0 Å². The summed E-state index contributed by atoms with van der Waals surface area (Å²) in [6.07, 6.45) is 4.57. The van der Waals surface area contributed by atoms with Gasteiger partial charge in [0.05, 0.1) is 30.3 Å². The number of hydrogen-bond donors (Lipinski definition) is 0. The molecular formula is C20H25NO3. The van der Waals surface area contributed by atoms with E-state index < -0.39 is 11.2 Å². The summed E-state index contributed by atoms with van der Waals surface area (Å²) in [5.74, 6) is -1.15. The van der Waals surface area contributed by atoms with Gasteiger partial charge >= 0.3 is 0 Å². The first-order valence-electron chi connectivity index (χ1n) is 8.41. The van der Waals surface area contributed by atoms with Gasteiger partial charge in [0.2, 0.25) is 5.79 Å². The minimum absolute atomic E-state index is 0.0685. The van der Waals surface area contributed by atoms with Crippen LogP contribution >= 0.6 is 0 Å². The second kappa shape index (κ2) is 7.74. The van der Waals surface area contributed by atoms with Crippen LogP contribution in [0.25, 0.3) is 0 Å². The molecule has 1 aliphatic heterocycles. The molecule has 0 bridgehead atoms. The van der Waals surface area contributed by atoms with Gasteiger partial charge in [-0.2, -0.15) is 5.26 Å². The topological polar surface area (TPSA) is 59.3 Å². The van der Waals surface area contributed by atoms with Crippen LogP contribution in [0.15, 0.2) is 36.9 Å². The van der Waals surface area contributed by atoms with E-state index in [0.717, 1.165) is 19.3 Å². The number of carbonyl (C=O) groups excluding carboxylic acids is 1. The molecule has 1 aliphatic rings. The number of Topliss-reactive ketones (excluding diaryl/α,β-unsaturated/α-hetero) is 1. The molecule has 0 N–H and O–H groups in total. The van der Waals surface area contributed by atoms with Crippen molar-refractivity contribution in [1.82, 2.24) is 0 Å². The fourth-order valence-corrected chi connectivity index (χ4v) is 3.16. The van der Waals surface area contributed by atoms with Gasteiger partial charge in [-0.1, -0.05) is 24.3 Å². The maximum absolute atomic E-state index is 12.9. The molecule has 0 atom stereocenters. The summed E-state index contributed by atoms with van der Waals surface area (Å²) in [5, 5.41) is 9.48. The molecule has 1 aromatic rings. The van der Waals surface area contributed by atoms with Crippen molar-refractivity contribution in [1.29, 1.82) is 5.26 Å². The number of unbranched alkanes of at least 4 members (excludes halogenated alkanes) is 1.